The van der Waals surface area contributed by atoms with E-state index < -0.39 is 34.4 Å². The number of benzene rings is 1. The minimum Gasteiger partial charge on any atom is -0.388 e. The summed E-state index contributed by atoms with van der Waals surface area (Å²) in [7, 11) is -3.55. The molecular weight excluding hydrogens is 398 g/mol. The van der Waals surface area contributed by atoms with Gasteiger partial charge in [0.15, 0.2) is 27.5 Å². The molecule has 3 heterocycles. The van der Waals surface area contributed by atoms with Crippen LogP contribution in [0.3, 0.4) is 0 Å². The van der Waals surface area contributed by atoms with Gasteiger partial charge in [-0.05, 0) is 25.5 Å². The largest absolute Gasteiger partial charge is 0.388 e. The van der Waals surface area contributed by atoms with Crippen molar-refractivity contribution in [2.75, 3.05) is 11.5 Å². The Morgan fingerprint density at radius 3 is 2.59 bits per heavy atom. The number of hydrogen-bond acceptors (Lipinski definition) is 9. The van der Waals surface area contributed by atoms with Crippen molar-refractivity contribution in [1.82, 2.24) is 19.5 Å². The first-order valence-corrected chi connectivity index (χ1v) is 10.7. The van der Waals surface area contributed by atoms with Crippen LogP contribution in [0.1, 0.15) is 18.2 Å². The van der Waals surface area contributed by atoms with Crippen LogP contribution in [-0.2, 0) is 14.6 Å². The fraction of sp³-hybridized carbons (Fsp3) is 0.389. The molecule has 0 bridgehead atoms. The second kappa shape index (κ2) is 7.34. The zero-order chi connectivity index (χ0) is 20.8. The van der Waals surface area contributed by atoms with Crippen LogP contribution in [0.25, 0.3) is 11.2 Å². The van der Waals surface area contributed by atoms with Gasteiger partial charge in [-0.3, -0.25) is 4.57 Å². The summed E-state index contributed by atoms with van der Waals surface area (Å²) >= 11 is 0. The number of rotatable bonds is 5. The van der Waals surface area contributed by atoms with E-state index in [1.165, 1.54) is 17.2 Å². The van der Waals surface area contributed by atoms with Crippen LogP contribution in [-0.4, -0.2) is 62.2 Å². The summed E-state index contributed by atoms with van der Waals surface area (Å²) in [5.74, 6) is -0.0423. The molecule has 0 unspecified atom stereocenters. The van der Waals surface area contributed by atoms with Gasteiger partial charge in [-0.1, -0.05) is 17.7 Å². The second-order valence-electron chi connectivity index (χ2n) is 7.05. The summed E-state index contributed by atoms with van der Waals surface area (Å²) < 4.78 is 32.4. The molecule has 2 aromatic heterocycles. The molecule has 10 nitrogen and oxygen atoms in total. The number of aromatic nitrogens is 4. The number of sulfone groups is 1. The van der Waals surface area contributed by atoms with Crippen molar-refractivity contribution >= 4 is 26.8 Å². The molecule has 0 amide bonds. The average molecular weight is 419 g/mol. The number of nitrogens with zero attached hydrogens (tertiary/aromatic N) is 4. The van der Waals surface area contributed by atoms with E-state index in [0.29, 0.717) is 11.2 Å². The van der Waals surface area contributed by atoms with Crippen molar-refractivity contribution in [3.8, 4) is 0 Å². The number of imidazole rings is 1. The number of anilines is 1. The highest BCUT2D eigenvalue weighted by Crippen LogP contribution is 2.33. The average Bonchev–Trinajstić information content (AvgIpc) is 3.24. The number of aliphatic hydroxyl groups excluding tert-OH is 2. The van der Waals surface area contributed by atoms with Gasteiger partial charge in [-0.25, -0.2) is 23.4 Å². The fourth-order valence-corrected chi connectivity index (χ4v) is 4.72. The van der Waals surface area contributed by atoms with Crippen LogP contribution in [0.4, 0.5) is 5.82 Å². The van der Waals surface area contributed by atoms with E-state index in [9.17, 15) is 18.6 Å². The normalized spacial score (nSPS) is 24.9. The van der Waals surface area contributed by atoms with E-state index in [0.717, 1.165) is 5.56 Å². The van der Waals surface area contributed by atoms with Crippen molar-refractivity contribution in [2.45, 2.75) is 42.8 Å². The zero-order valence-electron chi connectivity index (χ0n) is 15.6. The first-order valence-electron chi connectivity index (χ1n) is 9.02. The van der Waals surface area contributed by atoms with Crippen molar-refractivity contribution in [3.63, 3.8) is 0 Å². The van der Waals surface area contributed by atoms with Crippen LogP contribution in [0.15, 0.2) is 41.8 Å². The Bertz CT molecular complexity index is 1130. The Balaban J connectivity index is 1.51. The first-order chi connectivity index (χ1) is 13.8. The smallest absolute Gasteiger partial charge is 0.178 e. The third kappa shape index (κ3) is 3.57. The highest BCUT2D eigenvalue weighted by atomic mass is 32.2. The van der Waals surface area contributed by atoms with Gasteiger partial charge in [0.2, 0.25) is 0 Å². The molecule has 0 radical (unpaired) electrons. The minimum atomic E-state index is -3.55. The lowest BCUT2D eigenvalue weighted by molar-refractivity contribution is -0.0353. The number of aryl methyl sites for hydroxylation is 1. The zero-order valence-corrected chi connectivity index (χ0v) is 16.4. The molecule has 1 saturated heterocycles. The topological polar surface area (TPSA) is 153 Å². The van der Waals surface area contributed by atoms with Crippen LogP contribution < -0.4 is 5.73 Å². The lowest BCUT2D eigenvalue weighted by Gasteiger charge is -2.16. The van der Waals surface area contributed by atoms with E-state index >= 15 is 0 Å². The summed E-state index contributed by atoms with van der Waals surface area (Å²) in [5.41, 5.74) is 7.43. The molecule has 0 aliphatic carbocycles. The maximum Gasteiger partial charge on any atom is 0.178 e. The Labute approximate surface area is 166 Å². The summed E-state index contributed by atoms with van der Waals surface area (Å²) in [6, 6.07) is 6.56. The number of hydrogen-bond donors (Lipinski definition) is 3. The van der Waals surface area contributed by atoms with Gasteiger partial charge in [0.1, 0.15) is 24.1 Å². The number of ether oxygens (including phenoxy) is 1. The van der Waals surface area contributed by atoms with E-state index in [1.807, 2.05) is 6.92 Å². The lowest BCUT2D eigenvalue weighted by atomic mass is 10.1. The number of nitrogens with two attached hydrogens (primary N) is 1. The number of nitrogen functional groups attached to an aromatic ring is 1. The molecule has 0 spiro atoms. The standard InChI is InChI=1S/C18H21N5O5S/c1-10-2-4-11(5-3-10)29(26,27)7-6-12-14(24)15(25)18(28-12)23-9-22-13-16(19)20-8-21-17(13)23/h2-5,8-9,12,14-15,18,24-25H,6-7H2,1H3,(H2,19,20,21)/t12-,14-,15-,18-/m0/s1. The molecule has 1 aromatic carbocycles. The van der Waals surface area contributed by atoms with E-state index in [2.05, 4.69) is 15.0 Å². The molecule has 4 N–H and O–H groups in total. The van der Waals surface area contributed by atoms with Crippen LogP contribution in [0.5, 0.6) is 0 Å². The van der Waals surface area contributed by atoms with Crippen molar-refractivity contribution in [3.05, 3.63) is 42.5 Å². The van der Waals surface area contributed by atoms with E-state index in [4.69, 9.17) is 10.5 Å². The van der Waals surface area contributed by atoms with Gasteiger partial charge in [0.25, 0.3) is 0 Å². The molecule has 0 saturated carbocycles. The Morgan fingerprint density at radius 1 is 1.14 bits per heavy atom. The predicted octanol–water partition coefficient (Wildman–Crippen LogP) is 0.200. The highest BCUT2D eigenvalue weighted by molar-refractivity contribution is 7.91. The van der Waals surface area contributed by atoms with Gasteiger partial charge in [0, 0.05) is 0 Å². The van der Waals surface area contributed by atoms with Crippen molar-refractivity contribution < 1.29 is 23.4 Å². The maximum absolute atomic E-state index is 12.6. The summed E-state index contributed by atoms with van der Waals surface area (Å²) in [6.45, 7) is 1.87. The van der Waals surface area contributed by atoms with Gasteiger partial charge < -0.3 is 20.7 Å². The molecule has 1 aliphatic heterocycles. The van der Waals surface area contributed by atoms with Crippen LogP contribution in [0, 0.1) is 6.92 Å². The molecule has 11 heteroatoms. The number of fused-ring (bicyclic) bond motifs is 1. The Hall–Kier alpha value is -2.60. The quantitative estimate of drug-likeness (QED) is 0.526. The molecule has 3 aromatic rings. The van der Waals surface area contributed by atoms with Gasteiger partial charge in [-0.2, -0.15) is 0 Å². The summed E-state index contributed by atoms with van der Waals surface area (Å²) in [4.78, 5) is 12.3. The molecule has 1 aliphatic rings. The monoisotopic (exact) mass is 419 g/mol. The second-order valence-corrected chi connectivity index (χ2v) is 9.16. The molecule has 29 heavy (non-hydrogen) atoms. The lowest BCUT2D eigenvalue weighted by Crippen LogP contribution is -2.32. The molecule has 4 atom stereocenters. The van der Waals surface area contributed by atoms with E-state index in [1.54, 1.807) is 24.3 Å². The first kappa shape index (κ1) is 19.7. The van der Waals surface area contributed by atoms with Crippen molar-refractivity contribution in [2.24, 2.45) is 0 Å². The predicted molar refractivity (Wildman–Crippen MR) is 104 cm³/mol. The van der Waals surface area contributed by atoms with Crippen LogP contribution in [0.2, 0.25) is 0 Å². The van der Waals surface area contributed by atoms with Gasteiger partial charge >= 0.3 is 0 Å². The Kier molecular flexibility index (Phi) is 4.99. The van der Waals surface area contributed by atoms with Crippen molar-refractivity contribution in [1.29, 1.82) is 0 Å². The van der Waals surface area contributed by atoms with E-state index in [-0.39, 0.29) is 22.9 Å². The third-order valence-electron chi connectivity index (χ3n) is 5.05. The molecule has 4 rings (SSSR count). The molecule has 1 fully saturated rings. The maximum atomic E-state index is 12.6. The molecule has 154 valence electrons. The number of aliphatic hydroxyl groups is 2. The Morgan fingerprint density at radius 2 is 1.86 bits per heavy atom. The van der Waals surface area contributed by atoms with Gasteiger partial charge in [-0.15, -0.1) is 0 Å². The fourth-order valence-electron chi connectivity index (χ4n) is 3.39. The summed E-state index contributed by atoms with van der Waals surface area (Å²) in [6.07, 6.45) is -1.71. The summed E-state index contributed by atoms with van der Waals surface area (Å²) in [5, 5.41) is 20.9. The van der Waals surface area contributed by atoms with Crippen LogP contribution >= 0.6 is 0 Å². The van der Waals surface area contributed by atoms with Gasteiger partial charge in [0.05, 0.1) is 23.1 Å². The molecular formula is C18H21N5O5S. The minimum absolute atomic E-state index is 0.0225. The highest BCUT2D eigenvalue weighted by Gasteiger charge is 2.44. The third-order valence-corrected chi connectivity index (χ3v) is 6.81. The SMILES string of the molecule is Cc1ccc(S(=O)(=O)CC[C@@H]2O[C@H](n3cnc4c(N)ncnc43)[C@@H](O)[C@H]2O)cc1.